The van der Waals surface area contributed by atoms with Gasteiger partial charge in [-0.15, -0.1) is 11.3 Å². The molecule has 0 bridgehead atoms. The number of fused-ring (bicyclic) bond motifs is 10. The predicted octanol–water partition coefficient (Wildman–Crippen LogP) is 11.8. The summed E-state index contributed by atoms with van der Waals surface area (Å²) in [5.74, 6) is -0.543. The van der Waals surface area contributed by atoms with Crippen molar-refractivity contribution in [1.29, 1.82) is 0 Å². The van der Waals surface area contributed by atoms with E-state index in [0.29, 0.717) is 11.3 Å². The third-order valence-electron chi connectivity index (χ3n) is 9.04. The molecule has 6 heteroatoms. The predicted molar refractivity (Wildman–Crippen MR) is 212 cm³/mol. The van der Waals surface area contributed by atoms with Gasteiger partial charge >= 0.3 is 0 Å². The van der Waals surface area contributed by atoms with E-state index in [1.807, 2.05) is 36.4 Å². The van der Waals surface area contributed by atoms with Gasteiger partial charge in [-0.2, -0.15) is 9.97 Å². The lowest BCUT2D eigenvalue weighted by Crippen LogP contribution is -2.07. The van der Waals surface area contributed by atoms with Gasteiger partial charge in [0.25, 0.3) is 0 Å². The number of nitrogens with zero attached hydrogens (tertiary/aromatic N) is 5. The molecule has 0 amide bonds. The molecule has 11 rings (SSSR count). The maximum absolute atomic E-state index is 9.62. The second-order valence-corrected chi connectivity index (χ2v) is 12.9. The Kier molecular flexibility index (Phi) is 3.94. The van der Waals surface area contributed by atoms with Crippen molar-refractivity contribution < 1.29 is 17.8 Å². The molecule has 0 spiro atoms. The number of para-hydroxylation sites is 3. The third kappa shape index (κ3) is 4.17. The van der Waals surface area contributed by atoms with Gasteiger partial charge in [0.15, 0.2) is 11.6 Å². The highest BCUT2D eigenvalue weighted by molar-refractivity contribution is 7.26. The molecule has 7 aromatic carbocycles. The van der Waals surface area contributed by atoms with Gasteiger partial charge in [0.1, 0.15) is 0 Å². The van der Waals surface area contributed by atoms with Gasteiger partial charge in [0.05, 0.1) is 39.9 Å². The monoisotopic (exact) mass is 682 g/mol. The molecule has 0 aliphatic rings. The number of hydrogen-bond donors (Lipinski definition) is 0. The smallest absolute Gasteiger partial charge is 0.238 e. The summed E-state index contributed by atoms with van der Waals surface area (Å²) in [5, 5.41) is 1.88. The summed E-state index contributed by atoms with van der Waals surface area (Å²) < 4.78 is 122. The Labute approximate surface area is 314 Å². The van der Waals surface area contributed by atoms with Crippen molar-refractivity contribution in [3.05, 3.63) is 163 Å². The van der Waals surface area contributed by atoms with Crippen molar-refractivity contribution in [2.45, 2.75) is 0 Å². The van der Waals surface area contributed by atoms with E-state index in [0.717, 1.165) is 20.2 Å². The van der Waals surface area contributed by atoms with Crippen molar-refractivity contribution in [2.75, 3.05) is 0 Å². The fraction of sp³-hybridized carbons (Fsp3) is 0. The molecule has 238 valence electrons. The molecule has 0 unspecified atom stereocenters. The molecule has 51 heavy (non-hydrogen) atoms. The second kappa shape index (κ2) is 10.9. The molecular weight excluding hydrogens is 643 g/mol. The normalized spacial score (nSPS) is 15.5. The molecule has 0 radical (unpaired) electrons. The van der Waals surface area contributed by atoms with Crippen LogP contribution in [0.3, 0.4) is 0 Å². The topological polar surface area (TPSA) is 48.5 Å². The first kappa shape index (κ1) is 18.4. The van der Waals surface area contributed by atoms with Gasteiger partial charge < -0.3 is 4.57 Å². The molecule has 0 aliphatic heterocycles. The van der Waals surface area contributed by atoms with Crippen LogP contribution in [-0.2, 0) is 0 Å². The molecular formula is C45H27N5S. The lowest BCUT2D eigenvalue weighted by Gasteiger charge is -2.13. The SMILES string of the molecule is [2H]c1cc([2H])c2c(c1[2H])c1c([2H])c([2H])c3c4c([2H])c([2H])cc([2H])c4n(-c4nc(-c5c([2H])c([2H])c([2H])c([2H])c5[2H])nc(-c5cccc6c5sc5ccccc56)n4)c3c1n2-c1ccccc1. The van der Waals surface area contributed by atoms with E-state index in [-0.39, 0.29) is 109 Å². The van der Waals surface area contributed by atoms with Crippen LogP contribution in [0, 0.1) is 0 Å². The van der Waals surface area contributed by atoms with E-state index in [9.17, 15) is 6.85 Å². The van der Waals surface area contributed by atoms with Crippen LogP contribution >= 0.6 is 11.3 Å². The molecule has 0 fully saturated rings. The van der Waals surface area contributed by atoms with E-state index in [4.69, 9.17) is 25.9 Å². The Morgan fingerprint density at radius 2 is 1.14 bits per heavy atom. The van der Waals surface area contributed by atoms with Gasteiger partial charge in [-0.25, -0.2) is 4.98 Å². The first-order valence-electron chi connectivity index (χ1n) is 22.5. The second-order valence-electron chi connectivity index (χ2n) is 11.8. The maximum Gasteiger partial charge on any atom is 0.238 e. The van der Waals surface area contributed by atoms with Crippen molar-refractivity contribution in [2.24, 2.45) is 0 Å². The van der Waals surface area contributed by atoms with Crippen LogP contribution in [0.15, 0.2) is 163 Å². The van der Waals surface area contributed by atoms with Gasteiger partial charge in [0.2, 0.25) is 5.95 Å². The summed E-state index contributed by atoms with van der Waals surface area (Å²) in [6, 6.07) is 19.1. The lowest BCUT2D eigenvalue weighted by molar-refractivity contribution is 0.954. The lowest BCUT2D eigenvalue weighted by atomic mass is 10.1. The number of thiophene rings is 1. The summed E-state index contributed by atoms with van der Waals surface area (Å²) >= 11 is 1.48. The van der Waals surface area contributed by atoms with Crippen LogP contribution in [0.2, 0.25) is 0 Å². The van der Waals surface area contributed by atoms with E-state index in [1.165, 1.54) is 28.0 Å². The summed E-state index contributed by atoms with van der Waals surface area (Å²) in [5.41, 5.74) is 0.997. The minimum absolute atomic E-state index is 0.0255. The van der Waals surface area contributed by atoms with Gasteiger partial charge in [0, 0.05) is 58.5 Å². The standard InChI is InChI=1S/C45H27N5S/c1-3-14-28(15-4-1)43-46-44(36-22-13-21-35-32-20-9-12-25-39(32)51-42(35)36)48-45(47-43)50-38-24-11-8-19-31(38)34-27-26-33-30-18-7-10-23-37(30)49(40(33)41(34)50)29-16-5-2-6-17-29/h1-27H/i1D,3D,4D,7D,8D,14D,15D,18D,19D,23D,24D,26D,27D. The van der Waals surface area contributed by atoms with Gasteiger partial charge in [-0.1, -0.05) is 127 Å². The zero-order chi connectivity index (χ0) is 44.8. The molecule has 0 saturated heterocycles. The minimum atomic E-state index is -0.625. The van der Waals surface area contributed by atoms with Crippen LogP contribution < -0.4 is 0 Å². The highest BCUT2D eigenvalue weighted by atomic mass is 32.1. The van der Waals surface area contributed by atoms with Gasteiger partial charge in [-0.3, -0.25) is 4.57 Å². The molecule has 0 atom stereocenters. The molecule has 0 N–H and O–H groups in total. The molecule has 4 aromatic heterocycles. The zero-order valence-electron chi connectivity index (χ0n) is 39.2. The third-order valence-corrected chi connectivity index (χ3v) is 10.3. The quantitative estimate of drug-likeness (QED) is 0.186. The van der Waals surface area contributed by atoms with Crippen molar-refractivity contribution in [1.82, 2.24) is 24.1 Å². The van der Waals surface area contributed by atoms with Crippen molar-refractivity contribution in [3.63, 3.8) is 0 Å². The van der Waals surface area contributed by atoms with E-state index >= 15 is 0 Å². The summed E-state index contributed by atoms with van der Waals surface area (Å²) in [6.45, 7) is 0. The highest BCUT2D eigenvalue weighted by Crippen LogP contribution is 2.43. The molecule has 0 saturated carbocycles. The fourth-order valence-electron chi connectivity index (χ4n) is 6.92. The minimum Gasteiger partial charge on any atom is -0.307 e. The number of aromatic nitrogens is 5. The van der Waals surface area contributed by atoms with E-state index in [1.54, 1.807) is 41.0 Å². The maximum atomic E-state index is 9.62. The summed E-state index contributed by atoms with van der Waals surface area (Å²) in [6.07, 6.45) is 0. The van der Waals surface area contributed by atoms with Crippen LogP contribution in [0.4, 0.5) is 0 Å². The Hall–Kier alpha value is -6.63. The average molecular weight is 683 g/mol. The Balaban J connectivity index is 1.41. The fourth-order valence-corrected chi connectivity index (χ4v) is 8.13. The first-order chi connectivity index (χ1) is 30.7. The molecule has 0 aliphatic carbocycles. The summed E-state index contributed by atoms with van der Waals surface area (Å²) in [4.78, 5) is 14.7. The molecule has 11 aromatic rings. The summed E-state index contributed by atoms with van der Waals surface area (Å²) in [7, 11) is 0. The van der Waals surface area contributed by atoms with Crippen LogP contribution in [0.1, 0.15) is 17.8 Å². The van der Waals surface area contributed by atoms with Crippen molar-refractivity contribution in [3.8, 4) is 34.4 Å². The number of hydrogen-bond acceptors (Lipinski definition) is 4. The van der Waals surface area contributed by atoms with Crippen LogP contribution in [0.25, 0.3) is 98.2 Å². The van der Waals surface area contributed by atoms with Crippen molar-refractivity contribution >= 4 is 75.1 Å². The Morgan fingerprint density at radius 3 is 1.92 bits per heavy atom. The Morgan fingerprint density at radius 1 is 0.471 bits per heavy atom. The molecule has 5 nitrogen and oxygen atoms in total. The van der Waals surface area contributed by atoms with E-state index < -0.39 is 36.3 Å². The van der Waals surface area contributed by atoms with Gasteiger partial charge in [-0.05, 0) is 36.4 Å². The van der Waals surface area contributed by atoms with Crippen LogP contribution in [-0.4, -0.2) is 24.1 Å². The highest BCUT2D eigenvalue weighted by Gasteiger charge is 2.24. The first-order valence-corrected chi connectivity index (χ1v) is 16.8. The van der Waals surface area contributed by atoms with Crippen LogP contribution in [0.5, 0.6) is 0 Å². The number of benzene rings is 7. The molecule has 4 heterocycles. The number of rotatable bonds is 4. The average Bonchev–Trinajstić information content (AvgIpc) is 3.98. The largest absolute Gasteiger partial charge is 0.307 e. The zero-order valence-corrected chi connectivity index (χ0v) is 27.0. The van der Waals surface area contributed by atoms with E-state index in [2.05, 4.69) is 0 Å². The Bertz CT molecular complexity index is 3870.